The normalized spacial score (nSPS) is 15.6. The van der Waals surface area contributed by atoms with Crippen LogP contribution < -0.4 is 9.47 Å². The maximum absolute atomic E-state index is 12.8. The number of methoxy groups -OCH3 is 3. The summed E-state index contributed by atoms with van der Waals surface area (Å²) in [5.74, 6) is -0.508. The Labute approximate surface area is 208 Å². The van der Waals surface area contributed by atoms with Gasteiger partial charge in [0.2, 0.25) is 0 Å². The first-order chi connectivity index (χ1) is 16.3. The number of carbonyl (C=O) groups is 3. The van der Waals surface area contributed by atoms with Gasteiger partial charge < -0.3 is 18.9 Å². The highest BCUT2D eigenvalue weighted by Gasteiger charge is 2.30. The maximum atomic E-state index is 12.8. The van der Waals surface area contributed by atoms with Gasteiger partial charge in [0.1, 0.15) is 0 Å². The van der Waals surface area contributed by atoms with Crippen LogP contribution in [0.25, 0.3) is 6.08 Å². The van der Waals surface area contributed by atoms with Gasteiger partial charge in [0.05, 0.1) is 42.0 Å². The fraction of sp³-hybridized carbons (Fsp3) is 0.217. The fourth-order valence-electron chi connectivity index (χ4n) is 2.89. The lowest BCUT2D eigenvalue weighted by atomic mass is 10.2. The van der Waals surface area contributed by atoms with Crippen LogP contribution in [0.3, 0.4) is 0 Å². The van der Waals surface area contributed by atoms with Crippen molar-refractivity contribution < 1.29 is 33.3 Å². The largest absolute Gasteiger partial charge is 0.493 e. The molecule has 1 fully saturated rings. The van der Waals surface area contributed by atoms with Gasteiger partial charge in [0.15, 0.2) is 23.3 Å². The van der Waals surface area contributed by atoms with Gasteiger partial charge in [0, 0.05) is 7.05 Å². The fourth-order valence-corrected chi connectivity index (χ4v) is 4.45. The number of carbonyl (C=O) groups excluding carboxylic acids is 3. The number of ether oxygens (including phenoxy) is 4. The predicted octanol–water partition coefficient (Wildman–Crippen LogP) is 4.03. The molecular formula is C23H21BrN2O7S. The van der Waals surface area contributed by atoms with E-state index in [4.69, 9.17) is 14.2 Å². The molecule has 1 saturated heterocycles. The lowest BCUT2D eigenvalue weighted by Gasteiger charge is -2.13. The molecule has 3 rings (SSSR count). The zero-order chi connectivity index (χ0) is 24.8. The monoisotopic (exact) mass is 548 g/mol. The molecule has 9 nitrogen and oxygen atoms in total. The van der Waals surface area contributed by atoms with Gasteiger partial charge in [-0.2, -0.15) is 0 Å². The summed E-state index contributed by atoms with van der Waals surface area (Å²) in [7, 11) is 5.68. The molecule has 2 aromatic rings. The number of esters is 2. The molecule has 11 heteroatoms. The van der Waals surface area contributed by atoms with E-state index in [2.05, 4.69) is 25.7 Å². The van der Waals surface area contributed by atoms with Crippen molar-refractivity contribution in [3.05, 3.63) is 56.9 Å². The van der Waals surface area contributed by atoms with Crippen LogP contribution >= 0.6 is 27.7 Å². The Morgan fingerprint density at radius 3 is 2.59 bits per heavy atom. The van der Waals surface area contributed by atoms with E-state index >= 15 is 0 Å². The smallest absolute Gasteiger partial charge is 0.343 e. The summed E-state index contributed by atoms with van der Waals surface area (Å²) < 4.78 is 20.7. The number of hydrogen-bond acceptors (Lipinski definition) is 9. The molecule has 2 aromatic carbocycles. The quantitative estimate of drug-likeness (QED) is 0.377. The molecule has 0 N–H and O–H groups in total. The minimum absolute atomic E-state index is 0.228. The third-order valence-corrected chi connectivity index (χ3v) is 6.26. The molecule has 1 aliphatic rings. The van der Waals surface area contributed by atoms with Crippen molar-refractivity contribution in [2.75, 3.05) is 35.0 Å². The van der Waals surface area contributed by atoms with E-state index in [1.165, 1.54) is 38.0 Å². The second-order valence-electron chi connectivity index (χ2n) is 6.81. The van der Waals surface area contributed by atoms with Crippen molar-refractivity contribution in [2.45, 2.75) is 0 Å². The highest BCUT2D eigenvalue weighted by atomic mass is 79.9. The van der Waals surface area contributed by atoms with E-state index in [1.807, 2.05) is 0 Å². The summed E-state index contributed by atoms with van der Waals surface area (Å²) in [6.07, 6.45) is 1.70. The molecule has 34 heavy (non-hydrogen) atoms. The van der Waals surface area contributed by atoms with E-state index in [0.717, 1.165) is 0 Å². The molecule has 0 aromatic heterocycles. The lowest BCUT2D eigenvalue weighted by molar-refractivity contribution is -0.143. The van der Waals surface area contributed by atoms with Crippen LogP contribution in [-0.4, -0.2) is 62.9 Å². The number of likely N-dealkylation sites (N-methyl/N-ethyl adjacent to an activating group) is 1. The highest BCUT2D eigenvalue weighted by molar-refractivity contribution is 9.10. The molecule has 1 aliphatic heterocycles. The topological polar surface area (TPSA) is 104 Å². The molecule has 0 aliphatic carbocycles. The van der Waals surface area contributed by atoms with Gasteiger partial charge >= 0.3 is 11.9 Å². The molecule has 0 bridgehead atoms. The number of thioether (sulfide) groups is 1. The standard InChI is InChI=1S/C23H21BrN2O7S/c1-26-21(28)18(34-23(26)25-15-7-5-6-14(11-15)22(29)32-4)10-13-8-16(24)20(17(9-13)30-2)33-12-19(27)31-3/h5-11H,12H2,1-4H3. The summed E-state index contributed by atoms with van der Waals surface area (Å²) in [6.45, 7) is -0.276. The number of benzene rings is 2. The third-order valence-electron chi connectivity index (χ3n) is 4.61. The van der Waals surface area contributed by atoms with Crippen LogP contribution in [-0.2, 0) is 19.1 Å². The van der Waals surface area contributed by atoms with Gasteiger partial charge in [-0.15, -0.1) is 0 Å². The SMILES string of the molecule is COC(=O)COc1c(Br)cc(C=C2SC(=Nc3cccc(C(=O)OC)c3)N(C)C2=O)cc1OC. The Morgan fingerprint density at radius 1 is 1.15 bits per heavy atom. The van der Waals surface area contributed by atoms with E-state index < -0.39 is 11.9 Å². The van der Waals surface area contributed by atoms with Gasteiger partial charge in [-0.05, 0) is 69.7 Å². The summed E-state index contributed by atoms with van der Waals surface area (Å²) in [5, 5.41) is 0.460. The Balaban J connectivity index is 1.87. The number of amidine groups is 1. The average Bonchev–Trinajstić information content (AvgIpc) is 3.09. The molecule has 0 atom stereocenters. The number of rotatable bonds is 7. The van der Waals surface area contributed by atoms with Crippen molar-refractivity contribution in [3.8, 4) is 11.5 Å². The number of amides is 1. The van der Waals surface area contributed by atoms with Crippen LogP contribution in [0.5, 0.6) is 11.5 Å². The van der Waals surface area contributed by atoms with Crippen molar-refractivity contribution in [1.82, 2.24) is 4.90 Å². The molecule has 1 heterocycles. The Hall–Kier alpha value is -3.31. The number of aliphatic imine (C=N–C) groups is 1. The minimum Gasteiger partial charge on any atom is -0.493 e. The number of hydrogen-bond donors (Lipinski definition) is 0. The number of halogens is 1. The lowest BCUT2D eigenvalue weighted by Crippen LogP contribution is -2.23. The van der Waals surface area contributed by atoms with Crippen molar-refractivity contribution >= 4 is 62.5 Å². The van der Waals surface area contributed by atoms with Gasteiger partial charge in [0.25, 0.3) is 5.91 Å². The highest BCUT2D eigenvalue weighted by Crippen LogP contribution is 2.39. The van der Waals surface area contributed by atoms with Crippen LogP contribution in [0.4, 0.5) is 5.69 Å². The zero-order valence-electron chi connectivity index (χ0n) is 18.8. The van der Waals surface area contributed by atoms with Crippen molar-refractivity contribution in [1.29, 1.82) is 0 Å². The van der Waals surface area contributed by atoms with Gasteiger partial charge in [-0.1, -0.05) is 6.07 Å². The van der Waals surface area contributed by atoms with Crippen LogP contribution in [0, 0.1) is 0 Å². The summed E-state index contributed by atoms with van der Waals surface area (Å²) in [5.41, 5.74) is 1.55. The Morgan fingerprint density at radius 2 is 1.91 bits per heavy atom. The van der Waals surface area contributed by atoms with Crippen LogP contribution in [0.1, 0.15) is 15.9 Å². The van der Waals surface area contributed by atoms with E-state index in [1.54, 1.807) is 49.5 Å². The Bertz CT molecular complexity index is 1200. The second kappa shape index (κ2) is 11.2. The molecule has 0 spiro atoms. The third kappa shape index (κ3) is 5.78. The molecule has 178 valence electrons. The van der Waals surface area contributed by atoms with Gasteiger partial charge in [-0.25, -0.2) is 14.6 Å². The molecule has 0 unspecified atom stereocenters. The first-order valence-corrected chi connectivity index (χ1v) is 11.4. The summed E-state index contributed by atoms with van der Waals surface area (Å²) >= 11 is 4.62. The van der Waals surface area contributed by atoms with Crippen molar-refractivity contribution in [2.24, 2.45) is 4.99 Å². The molecule has 1 amide bonds. The van der Waals surface area contributed by atoms with Gasteiger partial charge in [-0.3, -0.25) is 9.69 Å². The van der Waals surface area contributed by atoms with E-state index in [9.17, 15) is 14.4 Å². The summed E-state index contributed by atoms with van der Waals surface area (Å²) in [6, 6.07) is 10.1. The van der Waals surface area contributed by atoms with Crippen LogP contribution in [0.15, 0.2) is 50.8 Å². The second-order valence-corrected chi connectivity index (χ2v) is 8.67. The number of nitrogens with zero attached hydrogens (tertiary/aromatic N) is 2. The maximum Gasteiger partial charge on any atom is 0.343 e. The Kier molecular flexibility index (Phi) is 8.35. The average molecular weight is 549 g/mol. The van der Waals surface area contributed by atoms with E-state index in [0.29, 0.717) is 42.9 Å². The molecular weight excluding hydrogens is 528 g/mol. The first kappa shape index (κ1) is 25.3. The van der Waals surface area contributed by atoms with Crippen LogP contribution in [0.2, 0.25) is 0 Å². The van der Waals surface area contributed by atoms with E-state index in [-0.39, 0.29) is 12.5 Å². The first-order valence-electron chi connectivity index (χ1n) is 9.79. The molecule has 0 saturated carbocycles. The summed E-state index contributed by atoms with van der Waals surface area (Å²) in [4.78, 5) is 42.4. The predicted molar refractivity (Wildman–Crippen MR) is 131 cm³/mol. The molecule has 0 radical (unpaired) electrons. The minimum atomic E-state index is -0.528. The van der Waals surface area contributed by atoms with Crippen molar-refractivity contribution in [3.63, 3.8) is 0 Å². The zero-order valence-corrected chi connectivity index (χ0v) is 21.2.